The summed E-state index contributed by atoms with van der Waals surface area (Å²) >= 11 is 7.56. The summed E-state index contributed by atoms with van der Waals surface area (Å²) < 4.78 is 5.87. The van der Waals surface area contributed by atoms with Crippen LogP contribution in [0.2, 0.25) is 4.34 Å². The van der Waals surface area contributed by atoms with Gasteiger partial charge in [0.05, 0.1) is 10.9 Å². The quantitative estimate of drug-likeness (QED) is 0.345. The third-order valence-electron chi connectivity index (χ3n) is 3.96. The molecular formula is C17H28ClIN4O2S. The lowest BCUT2D eigenvalue weighted by Crippen LogP contribution is -2.50. The molecular weight excluding hydrogens is 487 g/mol. The molecule has 1 amide bonds. The number of hydrogen-bond acceptors (Lipinski definition) is 4. The van der Waals surface area contributed by atoms with Gasteiger partial charge in [0.1, 0.15) is 0 Å². The summed E-state index contributed by atoms with van der Waals surface area (Å²) in [5.41, 5.74) is 0. The van der Waals surface area contributed by atoms with Gasteiger partial charge in [-0.25, -0.2) is 4.79 Å². The van der Waals surface area contributed by atoms with Crippen molar-refractivity contribution < 1.29 is 9.53 Å². The molecule has 0 atom stereocenters. The number of halogens is 2. The lowest BCUT2D eigenvalue weighted by atomic mass is 10.1. The van der Waals surface area contributed by atoms with Crippen LogP contribution in [0.5, 0.6) is 0 Å². The number of carbonyl (C=O) groups excluding carboxylic acids is 1. The van der Waals surface area contributed by atoms with Gasteiger partial charge in [-0.15, -0.1) is 35.3 Å². The lowest BCUT2D eigenvalue weighted by molar-refractivity contribution is 0.0963. The number of piperidine rings is 1. The van der Waals surface area contributed by atoms with E-state index in [0.717, 1.165) is 36.1 Å². The van der Waals surface area contributed by atoms with E-state index in [1.807, 2.05) is 19.1 Å². The zero-order chi connectivity index (χ0) is 18.1. The van der Waals surface area contributed by atoms with Crippen LogP contribution in [0, 0.1) is 0 Å². The number of hydrogen-bond donors (Lipinski definition) is 2. The van der Waals surface area contributed by atoms with E-state index >= 15 is 0 Å². The van der Waals surface area contributed by atoms with Crippen molar-refractivity contribution in [3.8, 4) is 0 Å². The molecule has 1 aromatic heterocycles. The Bertz CT molecular complexity index is 577. The van der Waals surface area contributed by atoms with Gasteiger partial charge in [0.2, 0.25) is 0 Å². The van der Waals surface area contributed by atoms with Crippen LogP contribution in [0.1, 0.15) is 31.6 Å². The number of thiophene rings is 1. The van der Waals surface area contributed by atoms with Crippen molar-refractivity contribution in [3.63, 3.8) is 0 Å². The molecule has 1 aromatic rings. The molecule has 0 saturated carbocycles. The average molecular weight is 515 g/mol. The van der Waals surface area contributed by atoms with Crippen molar-refractivity contribution in [1.29, 1.82) is 0 Å². The Kier molecular flexibility index (Phi) is 11.3. The van der Waals surface area contributed by atoms with Crippen molar-refractivity contribution in [1.82, 2.24) is 15.5 Å². The minimum atomic E-state index is -0.212. The van der Waals surface area contributed by atoms with Crippen LogP contribution in [-0.2, 0) is 11.2 Å². The van der Waals surface area contributed by atoms with Gasteiger partial charge in [-0.2, -0.15) is 0 Å². The summed E-state index contributed by atoms with van der Waals surface area (Å²) in [7, 11) is 0. The largest absolute Gasteiger partial charge is 0.450 e. The first kappa shape index (κ1) is 23.3. The Hall–Kier alpha value is -0.740. The number of ether oxygens (including phenoxy) is 1. The molecule has 0 aromatic carbocycles. The monoisotopic (exact) mass is 514 g/mol. The summed E-state index contributed by atoms with van der Waals surface area (Å²) in [6.07, 6.45) is 2.46. The molecule has 1 aliphatic rings. The van der Waals surface area contributed by atoms with Crippen LogP contribution in [0.25, 0.3) is 0 Å². The predicted molar refractivity (Wildman–Crippen MR) is 119 cm³/mol. The zero-order valence-corrected chi connectivity index (χ0v) is 19.2. The van der Waals surface area contributed by atoms with Crippen LogP contribution < -0.4 is 10.6 Å². The maximum Gasteiger partial charge on any atom is 0.409 e. The van der Waals surface area contributed by atoms with Gasteiger partial charge in [0, 0.05) is 43.5 Å². The second-order valence-corrected chi connectivity index (χ2v) is 7.62. The Morgan fingerprint density at radius 2 is 2.12 bits per heavy atom. The van der Waals surface area contributed by atoms with E-state index < -0.39 is 0 Å². The van der Waals surface area contributed by atoms with Gasteiger partial charge >= 0.3 is 6.09 Å². The molecule has 1 saturated heterocycles. The first-order chi connectivity index (χ1) is 12.1. The highest BCUT2D eigenvalue weighted by Crippen LogP contribution is 2.21. The third-order valence-corrected chi connectivity index (χ3v) is 5.25. The number of nitrogens with one attached hydrogen (secondary N) is 2. The van der Waals surface area contributed by atoms with Crippen molar-refractivity contribution in [2.45, 2.75) is 39.2 Å². The van der Waals surface area contributed by atoms with E-state index in [-0.39, 0.29) is 30.1 Å². The minimum absolute atomic E-state index is 0. The molecule has 2 heterocycles. The number of aliphatic imine (C=N–C) groups is 1. The van der Waals surface area contributed by atoms with Gasteiger partial charge < -0.3 is 20.3 Å². The van der Waals surface area contributed by atoms with Crippen molar-refractivity contribution in [2.75, 3.05) is 32.8 Å². The first-order valence-electron chi connectivity index (χ1n) is 8.83. The fraction of sp³-hybridized carbons (Fsp3) is 0.647. The molecule has 0 radical (unpaired) electrons. The van der Waals surface area contributed by atoms with Gasteiger partial charge in [-0.05, 0) is 38.8 Å². The second-order valence-electron chi connectivity index (χ2n) is 5.82. The highest BCUT2D eigenvalue weighted by Gasteiger charge is 2.23. The number of nitrogens with zero attached hydrogens (tertiary/aromatic N) is 2. The van der Waals surface area contributed by atoms with Gasteiger partial charge in [-0.1, -0.05) is 11.6 Å². The van der Waals surface area contributed by atoms with E-state index in [0.29, 0.717) is 32.3 Å². The van der Waals surface area contributed by atoms with Gasteiger partial charge in [-0.3, -0.25) is 4.99 Å². The van der Waals surface area contributed by atoms with E-state index in [1.54, 1.807) is 16.2 Å². The lowest BCUT2D eigenvalue weighted by Gasteiger charge is -2.32. The van der Waals surface area contributed by atoms with E-state index in [2.05, 4.69) is 22.5 Å². The molecule has 6 nitrogen and oxygen atoms in total. The SMILES string of the molecule is CCNC(=NCCc1ccc(Cl)s1)NC1CCN(C(=O)OCC)CC1.I. The Morgan fingerprint density at radius 1 is 1.38 bits per heavy atom. The van der Waals surface area contributed by atoms with Crippen LogP contribution in [-0.4, -0.2) is 55.8 Å². The summed E-state index contributed by atoms with van der Waals surface area (Å²) in [5.74, 6) is 0.833. The van der Waals surface area contributed by atoms with Crippen LogP contribution in [0.4, 0.5) is 4.79 Å². The standard InChI is InChI=1S/C17H27ClN4O2S.HI/c1-3-19-16(20-10-7-14-5-6-15(18)25-14)21-13-8-11-22(12-9-13)17(23)24-4-2;/h5-6,13H,3-4,7-12H2,1-2H3,(H2,19,20,21);1H. The van der Waals surface area contributed by atoms with E-state index in [9.17, 15) is 4.79 Å². The minimum Gasteiger partial charge on any atom is -0.450 e. The molecule has 0 bridgehead atoms. The third kappa shape index (κ3) is 7.87. The summed E-state index contributed by atoms with van der Waals surface area (Å²) in [4.78, 5) is 19.4. The normalized spacial score (nSPS) is 15.3. The second kappa shape index (κ2) is 12.6. The topological polar surface area (TPSA) is 66.0 Å². The molecule has 148 valence electrons. The molecule has 26 heavy (non-hydrogen) atoms. The summed E-state index contributed by atoms with van der Waals surface area (Å²) in [6, 6.07) is 4.29. The van der Waals surface area contributed by atoms with E-state index in [1.165, 1.54) is 4.88 Å². The maximum atomic E-state index is 11.7. The first-order valence-corrected chi connectivity index (χ1v) is 10.0. The van der Waals surface area contributed by atoms with Crippen molar-refractivity contribution >= 4 is 59.0 Å². The molecule has 0 aliphatic carbocycles. The molecule has 1 aliphatic heterocycles. The number of rotatable bonds is 6. The zero-order valence-electron chi connectivity index (χ0n) is 15.3. The Labute approximate surface area is 181 Å². The average Bonchev–Trinajstić information content (AvgIpc) is 3.01. The number of amides is 1. The molecule has 0 spiro atoms. The van der Waals surface area contributed by atoms with Crippen LogP contribution in [0.3, 0.4) is 0 Å². The van der Waals surface area contributed by atoms with Crippen LogP contribution in [0.15, 0.2) is 17.1 Å². The highest BCUT2D eigenvalue weighted by molar-refractivity contribution is 14.0. The molecule has 0 unspecified atom stereocenters. The van der Waals surface area contributed by atoms with Crippen molar-refractivity contribution in [2.24, 2.45) is 4.99 Å². The number of carbonyl (C=O) groups is 1. The maximum absolute atomic E-state index is 11.7. The van der Waals surface area contributed by atoms with Crippen LogP contribution >= 0.6 is 46.9 Å². The van der Waals surface area contributed by atoms with Gasteiger partial charge in [0.25, 0.3) is 0 Å². The summed E-state index contributed by atoms with van der Waals surface area (Å²) in [5, 5.41) is 6.76. The number of likely N-dealkylation sites (tertiary alicyclic amines) is 1. The molecule has 1 fully saturated rings. The smallest absolute Gasteiger partial charge is 0.409 e. The Balaban J connectivity index is 0.00000338. The molecule has 9 heteroatoms. The van der Waals surface area contributed by atoms with E-state index in [4.69, 9.17) is 16.3 Å². The van der Waals surface area contributed by atoms with Crippen molar-refractivity contribution in [3.05, 3.63) is 21.3 Å². The summed E-state index contributed by atoms with van der Waals surface area (Å²) in [6.45, 7) is 7.26. The molecule has 2 N–H and O–H groups in total. The fourth-order valence-corrected chi connectivity index (χ4v) is 3.77. The Morgan fingerprint density at radius 3 is 2.69 bits per heavy atom. The predicted octanol–water partition coefficient (Wildman–Crippen LogP) is 3.74. The highest BCUT2D eigenvalue weighted by atomic mass is 127. The fourth-order valence-electron chi connectivity index (χ4n) is 2.70. The molecule has 2 rings (SSSR count). The number of guanidine groups is 1. The van der Waals surface area contributed by atoms with Gasteiger partial charge in [0.15, 0.2) is 5.96 Å².